The van der Waals surface area contributed by atoms with Crippen LogP contribution >= 0.6 is 24.0 Å². The number of oxazole rings is 1. The normalized spacial score (nSPS) is 13.6. The molecule has 0 atom stereocenters. The Labute approximate surface area is 182 Å². The lowest BCUT2D eigenvalue weighted by Gasteiger charge is -2.11. The number of carbonyl (C=O) groups excluding carboxylic acids is 1. The molecule has 0 bridgehead atoms. The number of rotatable bonds is 8. The second kappa shape index (κ2) is 11.0. The zero-order chi connectivity index (χ0) is 19.1. The molecule has 152 valence electrons. The fraction of sp³-hybridized carbons (Fsp3) is 0.450. The Morgan fingerprint density at radius 1 is 1.18 bits per heavy atom. The highest BCUT2D eigenvalue weighted by atomic mass is 127. The van der Waals surface area contributed by atoms with Crippen LogP contribution in [0.25, 0.3) is 11.5 Å². The van der Waals surface area contributed by atoms with Crippen molar-refractivity contribution in [1.29, 1.82) is 0 Å². The molecule has 2 aromatic rings. The van der Waals surface area contributed by atoms with Gasteiger partial charge in [-0.05, 0) is 38.8 Å². The van der Waals surface area contributed by atoms with Crippen molar-refractivity contribution in [2.75, 3.05) is 19.6 Å². The predicted molar refractivity (Wildman–Crippen MR) is 121 cm³/mol. The van der Waals surface area contributed by atoms with Crippen LogP contribution in [0.15, 0.2) is 39.9 Å². The van der Waals surface area contributed by atoms with Crippen LogP contribution in [0.1, 0.15) is 31.0 Å². The molecular formula is C20H28IN5O2. The number of aryl methyl sites for hydroxylation is 1. The largest absolute Gasteiger partial charge is 0.444 e. The van der Waals surface area contributed by atoms with Crippen LogP contribution in [0.4, 0.5) is 0 Å². The summed E-state index contributed by atoms with van der Waals surface area (Å²) in [7, 11) is 0. The fourth-order valence-corrected chi connectivity index (χ4v) is 2.57. The summed E-state index contributed by atoms with van der Waals surface area (Å²) in [6, 6.07) is 8.06. The second-order valence-electron chi connectivity index (χ2n) is 6.70. The van der Waals surface area contributed by atoms with E-state index in [1.165, 1.54) is 5.56 Å². The van der Waals surface area contributed by atoms with Crippen LogP contribution in [0.5, 0.6) is 0 Å². The first-order valence-electron chi connectivity index (χ1n) is 9.47. The average molecular weight is 497 g/mol. The third-order valence-corrected chi connectivity index (χ3v) is 4.26. The molecule has 1 aliphatic carbocycles. The number of hydrogen-bond acceptors (Lipinski definition) is 4. The first-order chi connectivity index (χ1) is 13.2. The molecule has 0 saturated heterocycles. The average Bonchev–Trinajstić information content (AvgIpc) is 3.42. The Bertz CT molecular complexity index is 784. The summed E-state index contributed by atoms with van der Waals surface area (Å²) in [6.07, 6.45) is 3.68. The molecule has 28 heavy (non-hydrogen) atoms. The number of benzene rings is 1. The van der Waals surface area contributed by atoms with Crippen molar-refractivity contribution in [3.63, 3.8) is 0 Å². The van der Waals surface area contributed by atoms with E-state index in [0.29, 0.717) is 31.5 Å². The molecule has 1 fully saturated rings. The van der Waals surface area contributed by atoms with Crippen LogP contribution in [0.2, 0.25) is 0 Å². The number of halogens is 1. The minimum absolute atomic E-state index is 0. The minimum Gasteiger partial charge on any atom is -0.444 e. The van der Waals surface area contributed by atoms with Gasteiger partial charge in [-0.1, -0.05) is 17.7 Å². The molecule has 1 aliphatic rings. The van der Waals surface area contributed by atoms with Crippen molar-refractivity contribution in [1.82, 2.24) is 20.9 Å². The number of aliphatic imine (C=N–C) groups is 1. The predicted octanol–water partition coefficient (Wildman–Crippen LogP) is 2.85. The van der Waals surface area contributed by atoms with Crippen LogP contribution in [-0.4, -0.2) is 36.5 Å². The Morgan fingerprint density at radius 3 is 2.57 bits per heavy atom. The molecule has 1 amide bonds. The first-order valence-corrected chi connectivity index (χ1v) is 9.47. The van der Waals surface area contributed by atoms with Gasteiger partial charge in [0.2, 0.25) is 11.8 Å². The van der Waals surface area contributed by atoms with Gasteiger partial charge in [0.25, 0.3) is 0 Å². The van der Waals surface area contributed by atoms with Crippen molar-refractivity contribution in [2.45, 2.75) is 33.2 Å². The molecule has 0 unspecified atom stereocenters. The number of guanidine groups is 1. The van der Waals surface area contributed by atoms with Crippen molar-refractivity contribution in [3.8, 4) is 11.5 Å². The van der Waals surface area contributed by atoms with E-state index in [-0.39, 0.29) is 35.8 Å². The Kier molecular flexibility index (Phi) is 8.75. The number of aromatic nitrogens is 1. The molecule has 0 spiro atoms. The summed E-state index contributed by atoms with van der Waals surface area (Å²) >= 11 is 0. The third kappa shape index (κ3) is 6.81. The van der Waals surface area contributed by atoms with E-state index in [9.17, 15) is 4.79 Å². The van der Waals surface area contributed by atoms with Crippen LogP contribution in [0, 0.1) is 12.8 Å². The van der Waals surface area contributed by atoms with Crippen molar-refractivity contribution < 1.29 is 9.21 Å². The lowest BCUT2D eigenvalue weighted by atomic mass is 10.1. The summed E-state index contributed by atoms with van der Waals surface area (Å²) in [5.41, 5.74) is 2.92. The molecule has 7 nitrogen and oxygen atoms in total. The molecular weight excluding hydrogens is 469 g/mol. The zero-order valence-corrected chi connectivity index (χ0v) is 18.7. The van der Waals surface area contributed by atoms with E-state index in [4.69, 9.17) is 4.42 Å². The van der Waals surface area contributed by atoms with Gasteiger partial charge in [-0.25, -0.2) is 9.98 Å². The quantitative estimate of drug-likeness (QED) is 0.226. The van der Waals surface area contributed by atoms with Crippen LogP contribution in [-0.2, 0) is 11.3 Å². The summed E-state index contributed by atoms with van der Waals surface area (Å²) in [5.74, 6) is 1.69. The summed E-state index contributed by atoms with van der Waals surface area (Å²) in [6.45, 7) is 6.44. The van der Waals surface area contributed by atoms with Gasteiger partial charge in [0.05, 0.1) is 6.54 Å². The SMILES string of the molecule is CCNC(=NCc1coc(-c2ccc(C)cc2)n1)NCCNC(=O)C1CC1.I. The molecule has 1 saturated carbocycles. The smallest absolute Gasteiger partial charge is 0.226 e. The molecule has 3 rings (SSSR count). The van der Waals surface area contributed by atoms with Crippen molar-refractivity contribution >= 4 is 35.8 Å². The first kappa shape index (κ1) is 22.2. The molecule has 1 aromatic heterocycles. The van der Waals surface area contributed by atoms with Gasteiger partial charge in [0.1, 0.15) is 12.0 Å². The Morgan fingerprint density at radius 2 is 1.89 bits per heavy atom. The lowest BCUT2D eigenvalue weighted by molar-refractivity contribution is -0.122. The van der Waals surface area contributed by atoms with Crippen LogP contribution < -0.4 is 16.0 Å². The van der Waals surface area contributed by atoms with Gasteiger partial charge >= 0.3 is 0 Å². The van der Waals surface area contributed by atoms with E-state index in [1.807, 2.05) is 38.1 Å². The highest BCUT2D eigenvalue weighted by Crippen LogP contribution is 2.28. The maximum absolute atomic E-state index is 11.6. The maximum Gasteiger partial charge on any atom is 0.226 e. The molecule has 0 radical (unpaired) electrons. The highest BCUT2D eigenvalue weighted by molar-refractivity contribution is 14.0. The minimum atomic E-state index is 0. The van der Waals surface area contributed by atoms with Gasteiger partial charge in [0, 0.05) is 31.1 Å². The number of amides is 1. The number of nitrogens with one attached hydrogen (secondary N) is 3. The molecule has 1 heterocycles. The fourth-order valence-electron chi connectivity index (χ4n) is 2.57. The van der Waals surface area contributed by atoms with Crippen molar-refractivity contribution in [3.05, 3.63) is 41.8 Å². The molecule has 1 aromatic carbocycles. The van der Waals surface area contributed by atoms with Crippen LogP contribution in [0.3, 0.4) is 0 Å². The van der Waals surface area contributed by atoms with Gasteiger partial charge in [0.15, 0.2) is 5.96 Å². The molecule has 0 aliphatic heterocycles. The number of hydrogen-bond donors (Lipinski definition) is 3. The number of nitrogens with zero attached hydrogens (tertiary/aromatic N) is 2. The van der Waals surface area contributed by atoms with Gasteiger partial charge < -0.3 is 20.4 Å². The summed E-state index contributed by atoms with van der Waals surface area (Å²) in [4.78, 5) is 20.7. The Balaban J connectivity index is 0.00000280. The maximum atomic E-state index is 11.6. The van der Waals surface area contributed by atoms with E-state index in [1.54, 1.807) is 6.26 Å². The third-order valence-electron chi connectivity index (χ3n) is 4.26. The van der Waals surface area contributed by atoms with Crippen molar-refractivity contribution in [2.24, 2.45) is 10.9 Å². The zero-order valence-electron chi connectivity index (χ0n) is 16.3. The van der Waals surface area contributed by atoms with Gasteiger partial charge in [-0.2, -0.15) is 0 Å². The summed E-state index contributed by atoms with van der Waals surface area (Å²) < 4.78 is 5.57. The lowest BCUT2D eigenvalue weighted by Crippen LogP contribution is -2.41. The second-order valence-corrected chi connectivity index (χ2v) is 6.70. The monoisotopic (exact) mass is 497 g/mol. The number of carbonyl (C=O) groups is 1. The Hall–Kier alpha value is -2.10. The highest BCUT2D eigenvalue weighted by Gasteiger charge is 2.28. The van der Waals surface area contributed by atoms with E-state index in [0.717, 1.165) is 30.6 Å². The van der Waals surface area contributed by atoms with E-state index in [2.05, 4.69) is 25.9 Å². The summed E-state index contributed by atoms with van der Waals surface area (Å²) in [5, 5.41) is 9.33. The molecule has 8 heteroatoms. The standard InChI is InChI=1S/C20H27N5O2.HI/c1-3-21-20(23-11-10-22-18(26)15-8-9-15)24-12-17-13-27-19(25-17)16-6-4-14(2)5-7-16;/h4-7,13,15H,3,8-12H2,1-2H3,(H,22,26)(H2,21,23,24);1H. The van der Waals surface area contributed by atoms with E-state index < -0.39 is 0 Å². The van der Waals surface area contributed by atoms with Gasteiger partial charge in [-0.15, -0.1) is 24.0 Å². The topological polar surface area (TPSA) is 91.6 Å². The molecule has 3 N–H and O–H groups in total. The van der Waals surface area contributed by atoms with E-state index >= 15 is 0 Å². The van der Waals surface area contributed by atoms with Gasteiger partial charge in [-0.3, -0.25) is 4.79 Å².